The second kappa shape index (κ2) is 6.19. The summed E-state index contributed by atoms with van der Waals surface area (Å²) in [6.45, 7) is 3.61. The van der Waals surface area contributed by atoms with E-state index in [2.05, 4.69) is 10.3 Å². The smallest absolute Gasteiger partial charge is 0.276 e. The number of carbonyl (C=O) groups is 1. The first-order valence-corrected chi connectivity index (χ1v) is 5.23. The van der Waals surface area contributed by atoms with E-state index >= 15 is 0 Å². The number of likely N-dealkylation sites (N-methyl/N-ethyl adjacent to an activating group) is 1. The Morgan fingerprint density at radius 3 is 3.00 bits per heavy atom. The third kappa shape index (κ3) is 3.01. The fourth-order valence-corrected chi connectivity index (χ4v) is 1.32. The molecule has 7 heteroatoms. The highest BCUT2D eigenvalue weighted by molar-refractivity contribution is 5.91. The van der Waals surface area contributed by atoms with E-state index in [1.54, 1.807) is 6.20 Å². The van der Waals surface area contributed by atoms with Crippen LogP contribution in [0.4, 0.5) is 0 Å². The average molecular weight is 227 g/mol. The summed E-state index contributed by atoms with van der Waals surface area (Å²) in [5.74, 6) is -0.222. The Hall–Kier alpha value is -1.47. The number of nitrogens with zero attached hydrogens (tertiary/aromatic N) is 4. The van der Waals surface area contributed by atoms with Gasteiger partial charge in [0.05, 0.1) is 19.3 Å². The summed E-state index contributed by atoms with van der Waals surface area (Å²) in [5, 5.41) is 16.4. The first-order valence-electron chi connectivity index (χ1n) is 5.23. The minimum absolute atomic E-state index is 0.0590. The summed E-state index contributed by atoms with van der Waals surface area (Å²) in [7, 11) is 0. The summed E-state index contributed by atoms with van der Waals surface area (Å²) in [5.41, 5.74) is 5.64. The fourth-order valence-electron chi connectivity index (χ4n) is 1.32. The Balaban J connectivity index is 2.70. The van der Waals surface area contributed by atoms with Gasteiger partial charge in [0.15, 0.2) is 5.69 Å². The molecule has 90 valence electrons. The van der Waals surface area contributed by atoms with Crippen molar-refractivity contribution < 1.29 is 9.90 Å². The highest BCUT2D eigenvalue weighted by Crippen LogP contribution is 2.00. The van der Waals surface area contributed by atoms with Crippen molar-refractivity contribution >= 4 is 5.91 Å². The summed E-state index contributed by atoms with van der Waals surface area (Å²) < 4.78 is 1.53. The van der Waals surface area contributed by atoms with Gasteiger partial charge in [-0.05, 0) is 6.92 Å². The van der Waals surface area contributed by atoms with Gasteiger partial charge in [-0.15, -0.1) is 5.10 Å². The van der Waals surface area contributed by atoms with Gasteiger partial charge in [0.25, 0.3) is 5.91 Å². The average Bonchev–Trinajstić information content (AvgIpc) is 2.74. The van der Waals surface area contributed by atoms with Crippen molar-refractivity contribution in [2.45, 2.75) is 13.5 Å². The number of hydrogen-bond acceptors (Lipinski definition) is 5. The molecule has 1 aromatic heterocycles. The Kier molecular flexibility index (Phi) is 4.87. The van der Waals surface area contributed by atoms with E-state index < -0.39 is 0 Å². The van der Waals surface area contributed by atoms with Crippen LogP contribution in [0.5, 0.6) is 0 Å². The normalized spacial score (nSPS) is 10.4. The maximum Gasteiger partial charge on any atom is 0.276 e. The fraction of sp³-hybridized carbons (Fsp3) is 0.667. The van der Waals surface area contributed by atoms with E-state index in [4.69, 9.17) is 10.8 Å². The standard InChI is InChI=1S/C9H17N5O2/c1-2-13(5-6-15)9(16)8-7-14(4-3-10)12-11-8/h7,15H,2-6,10H2,1H3. The van der Waals surface area contributed by atoms with Gasteiger partial charge >= 0.3 is 0 Å². The molecule has 0 radical (unpaired) electrons. The van der Waals surface area contributed by atoms with Gasteiger partial charge in [-0.25, -0.2) is 0 Å². The number of rotatable bonds is 6. The first-order chi connectivity index (χ1) is 7.72. The molecule has 0 saturated carbocycles. The van der Waals surface area contributed by atoms with Crippen LogP contribution in [0.1, 0.15) is 17.4 Å². The molecule has 1 rings (SSSR count). The summed E-state index contributed by atoms with van der Waals surface area (Å²) >= 11 is 0. The van der Waals surface area contributed by atoms with Crippen molar-refractivity contribution in [1.82, 2.24) is 19.9 Å². The molecule has 0 fully saturated rings. The SMILES string of the molecule is CCN(CCO)C(=O)c1cn(CCN)nn1. The minimum atomic E-state index is -0.222. The maximum atomic E-state index is 11.9. The zero-order valence-corrected chi connectivity index (χ0v) is 9.33. The number of aromatic nitrogens is 3. The summed E-state index contributed by atoms with van der Waals surface area (Å²) in [4.78, 5) is 13.4. The molecule has 0 aliphatic heterocycles. The lowest BCUT2D eigenvalue weighted by Crippen LogP contribution is -2.33. The molecule has 0 unspecified atom stereocenters. The van der Waals surface area contributed by atoms with Crippen molar-refractivity contribution in [2.24, 2.45) is 5.73 Å². The van der Waals surface area contributed by atoms with Gasteiger partial charge < -0.3 is 15.7 Å². The van der Waals surface area contributed by atoms with Gasteiger partial charge in [-0.1, -0.05) is 5.21 Å². The predicted octanol–water partition coefficient (Wildman–Crippen LogP) is -1.31. The zero-order valence-electron chi connectivity index (χ0n) is 9.33. The number of hydrogen-bond donors (Lipinski definition) is 2. The highest BCUT2D eigenvalue weighted by Gasteiger charge is 2.16. The quantitative estimate of drug-likeness (QED) is 0.629. The van der Waals surface area contributed by atoms with Crippen LogP contribution in [-0.4, -0.2) is 57.1 Å². The molecule has 3 N–H and O–H groups in total. The van der Waals surface area contributed by atoms with Crippen LogP contribution in [0.25, 0.3) is 0 Å². The van der Waals surface area contributed by atoms with E-state index in [1.807, 2.05) is 6.92 Å². The third-order valence-corrected chi connectivity index (χ3v) is 2.15. The van der Waals surface area contributed by atoms with Gasteiger partial charge in [-0.2, -0.15) is 0 Å². The van der Waals surface area contributed by atoms with Crippen LogP contribution in [0.3, 0.4) is 0 Å². The molecule has 0 atom stereocenters. The molecule has 7 nitrogen and oxygen atoms in total. The molecule has 0 aliphatic carbocycles. The lowest BCUT2D eigenvalue weighted by Gasteiger charge is -2.17. The van der Waals surface area contributed by atoms with Gasteiger partial charge in [0.1, 0.15) is 0 Å². The molecule has 0 spiro atoms. The zero-order chi connectivity index (χ0) is 12.0. The number of aliphatic hydroxyl groups is 1. The molecule has 1 heterocycles. The van der Waals surface area contributed by atoms with Gasteiger partial charge in [0, 0.05) is 19.6 Å². The maximum absolute atomic E-state index is 11.9. The molecule has 1 aromatic rings. The van der Waals surface area contributed by atoms with Crippen molar-refractivity contribution in [2.75, 3.05) is 26.2 Å². The second-order valence-electron chi connectivity index (χ2n) is 3.26. The van der Waals surface area contributed by atoms with E-state index in [9.17, 15) is 4.79 Å². The second-order valence-corrected chi connectivity index (χ2v) is 3.26. The van der Waals surface area contributed by atoms with Crippen molar-refractivity contribution in [3.8, 4) is 0 Å². The topological polar surface area (TPSA) is 97.3 Å². The van der Waals surface area contributed by atoms with Crippen molar-refractivity contribution in [3.05, 3.63) is 11.9 Å². The van der Waals surface area contributed by atoms with Crippen LogP contribution < -0.4 is 5.73 Å². The highest BCUT2D eigenvalue weighted by atomic mass is 16.3. The van der Waals surface area contributed by atoms with Crippen molar-refractivity contribution in [1.29, 1.82) is 0 Å². The number of nitrogens with two attached hydrogens (primary N) is 1. The molecular weight excluding hydrogens is 210 g/mol. The molecule has 0 saturated heterocycles. The van der Waals surface area contributed by atoms with E-state index in [0.717, 1.165) is 0 Å². The Morgan fingerprint density at radius 1 is 1.69 bits per heavy atom. The lowest BCUT2D eigenvalue weighted by atomic mass is 10.3. The van der Waals surface area contributed by atoms with Crippen molar-refractivity contribution in [3.63, 3.8) is 0 Å². The third-order valence-electron chi connectivity index (χ3n) is 2.15. The first kappa shape index (κ1) is 12.6. The van der Waals surface area contributed by atoms with Crippen LogP contribution >= 0.6 is 0 Å². The Morgan fingerprint density at radius 2 is 2.44 bits per heavy atom. The summed E-state index contributed by atoms with van der Waals surface area (Å²) in [6, 6.07) is 0. The molecule has 0 aromatic carbocycles. The monoisotopic (exact) mass is 227 g/mol. The van der Waals surface area contributed by atoms with Crippen LogP contribution in [-0.2, 0) is 6.54 Å². The Labute approximate surface area is 93.8 Å². The van der Waals surface area contributed by atoms with Crippen LogP contribution in [0.2, 0.25) is 0 Å². The van der Waals surface area contributed by atoms with Crippen LogP contribution in [0, 0.1) is 0 Å². The molecule has 0 aliphatic rings. The van der Waals surface area contributed by atoms with Gasteiger partial charge in [0.2, 0.25) is 0 Å². The number of amides is 1. The number of carbonyl (C=O) groups excluding carboxylic acids is 1. The molecular formula is C9H17N5O2. The summed E-state index contributed by atoms with van der Waals surface area (Å²) in [6.07, 6.45) is 1.56. The Bertz CT molecular complexity index is 338. The van der Waals surface area contributed by atoms with E-state index in [0.29, 0.717) is 26.2 Å². The van der Waals surface area contributed by atoms with Crippen LogP contribution in [0.15, 0.2) is 6.20 Å². The van der Waals surface area contributed by atoms with E-state index in [1.165, 1.54) is 9.58 Å². The largest absolute Gasteiger partial charge is 0.395 e. The van der Waals surface area contributed by atoms with E-state index in [-0.39, 0.29) is 18.2 Å². The predicted molar refractivity (Wildman–Crippen MR) is 57.7 cm³/mol. The molecule has 0 bridgehead atoms. The minimum Gasteiger partial charge on any atom is -0.395 e. The lowest BCUT2D eigenvalue weighted by molar-refractivity contribution is 0.0726. The molecule has 16 heavy (non-hydrogen) atoms. The van der Waals surface area contributed by atoms with Gasteiger partial charge in [-0.3, -0.25) is 9.48 Å². The number of aliphatic hydroxyl groups excluding tert-OH is 1. The molecule has 1 amide bonds.